The molecule has 0 aromatic carbocycles. The zero-order valence-corrected chi connectivity index (χ0v) is 10.9. The van der Waals surface area contributed by atoms with Crippen LogP contribution < -0.4 is 0 Å². The summed E-state index contributed by atoms with van der Waals surface area (Å²) in [4.78, 5) is 18.7. The molecule has 1 N–H and O–H groups in total. The molecule has 84 valence electrons. The number of hydrogen-bond donors (Lipinski definition) is 1. The van der Waals surface area contributed by atoms with Gasteiger partial charge in [-0.2, -0.15) is 0 Å². The molecule has 0 saturated heterocycles. The summed E-state index contributed by atoms with van der Waals surface area (Å²) in [5, 5.41) is 12.6. The highest BCUT2D eigenvalue weighted by atomic mass is 35.5. The molecule has 0 spiro atoms. The molecule has 2 aromatic heterocycles. The van der Waals surface area contributed by atoms with Gasteiger partial charge >= 0.3 is 5.97 Å². The summed E-state index contributed by atoms with van der Waals surface area (Å²) in [6.45, 7) is 0. The second-order valence-corrected chi connectivity index (χ2v) is 6.31. The molecule has 2 rings (SSSR count). The van der Waals surface area contributed by atoms with E-state index in [2.05, 4.69) is 9.97 Å². The number of aromatic nitrogens is 2. The molecule has 8 heteroatoms. The normalized spacial score (nSPS) is 10.6. The molecular formula is C8H5ClN2O2S3. The monoisotopic (exact) mass is 292 g/mol. The molecule has 0 atom stereocenters. The first-order valence-corrected chi connectivity index (χ1v) is 7.04. The summed E-state index contributed by atoms with van der Waals surface area (Å²) in [5.41, 5.74) is 0.572. The summed E-state index contributed by atoms with van der Waals surface area (Å²) in [5.74, 6) is -0.876. The van der Waals surface area contributed by atoms with Crippen molar-refractivity contribution in [1.29, 1.82) is 0 Å². The number of aliphatic carboxylic acids is 1. The molecule has 0 fully saturated rings. The van der Waals surface area contributed by atoms with Crippen molar-refractivity contribution in [1.82, 2.24) is 9.97 Å². The van der Waals surface area contributed by atoms with E-state index in [4.69, 9.17) is 16.7 Å². The number of carboxylic acid groups (broad SMARTS) is 1. The first-order valence-electron chi connectivity index (χ1n) is 4.08. The number of nitrogens with zero attached hydrogens (tertiary/aromatic N) is 2. The topological polar surface area (TPSA) is 63.1 Å². The van der Waals surface area contributed by atoms with Gasteiger partial charge in [-0.05, 0) is 11.8 Å². The molecule has 16 heavy (non-hydrogen) atoms. The molecule has 0 bridgehead atoms. The largest absolute Gasteiger partial charge is 0.481 e. The maximum atomic E-state index is 10.5. The van der Waals surface area contributed by atoms with Crippen molar-refractivity contribution < 1.29 is 9.90 Å². The smallest absolute Gasteiger partial charge is 0.309 e. The summed E-state index contributed by atoms with van der Waals surface area (Å²) in [6.07, 6.45) is -0.0459. The zero-order chi connectivity index (χ0) is 11.5. The lowest BCUT2D eigenvalue weighted by atomic mass is 10.3. The van der Waals surface area contributed by atoms with E-state index in [9.17, 15) is 4.79 Å². The van der Waals surface area contributed by atoms with E-state index in [0.717, 1.165) is 8.68 Å². The van der Waals surface area contributed by atoms with Crippen LogP contribution in [0, 0.1) is 0 Å². The Kier molecular flexibility index (Phi) is 3.80. The van der Waals surface area contributed by atoms with Crippen LogP contribution in [0.4, 0.5) is 0 Å². The van der Waals surface area contributed by atoms with E-state index >= 15 is 0 Å². The first kappa shape index (κ1) is 11.8. The van der Waals surface area contributed by atoms with Gasteiger partial charge < -0.3 is 5.11 Å². The Bertz CT molecular complexity index is 511. The Balaban J connectivity index is 2.05. The van der Waals surface area contributed by atoms with Crippen molar-refractivity contribution in [2.45, 2.75) is 15.1 Å². The van der Waals surface area contributed by atoms with Crippen LogP contribution in [0.15, 0.2) is 19.4 Å². The van der Waals surface area contributed by atoms with Gasteiger partial charge in [0.15, 0.2) is 8.68 Å². The van der Waals surface area contributed by atoms with Gasteiger partial charge in [-0.3, -0.25) is 4.79 Å². The van der Waals surface area contributed by atoms with Crippen molar-refractivity contribution in [3.63, 3.8) is 0 Å². The Morgan fingerprint density at radius 1 is 1.38 bits per heavy atom. The summed E-state index contributed by atoms with van der Waals surface area (Å²) < 4.78 is 1.59. The highest BCUT2D eigenvalue weighted by Gasteiger charge is 2.09. The third-order valence-corrected chi connectivity index (χ3v) is 4.74. The second kappa shape index (κ2) is 5.13. The van der Waals surface area contributed by atoms with E-state index in [-0.39, 0.29) is 6.42 Å². The Morgan fingerprint density at radius 3 is 2.69 bits per heavy atom. The highest BCUT2D eigenvalue weighted by Crippen LogP contribution is 2.33. The maximum Gasteiger partial charge on any atom is 0.309 e. The van der Waals surface area contributed by atoms with Crippen LogP contribution in [-0.2, 0) is 11.2 Å². The number of rotatable bonds is 4. The quantitative estimate of drug-likeness (QED) is 0.938. The molecule has 0 aliphatic carbocycles. The van der Waals surface area contributed by atoms with Crippen molar-refractivity contribution in [2.75, 3.05) is 0 Å². The van der Waals surface area contributed by atoms with Gasteiger partial charge in [-0.15, -0.1) is 22.7 Å². The van der Waals surface area contributed by atoms with E-state index in [1.54, 1.807) is 10.8 Å². The highest BCUT2D eigenvalue weighted by molar-refractivity contribution is 8.02. The Hall–Kier alpha value is -0.630. The number of halogens is 1. The van der Waals surface area contributed by atoms with Crippen LogP contribution in [0.25, 0.3) is 0 Å². The fraction of sp³-hybridized carbons (Fsp3) is 0.125. The lowest BCUT2D eigenvalue weighted by molar-refractivity contribution is -0.136. The number of carboxylic acids is 1. The van der Waals surface area contributed by atoms with Crippen LogP contribution in [0.5, 0.6) is 0 Å². The van der Waals surface area contributed by atoms with Crippen LogP contribution in [0.3, 0.4) is 0 Å². The third kappa shape index (κ3) is 3.18. The van der Waals surface area contributed by atoms with Gasteiger partial charge in [-0.25, -0.2) is 9.97 Å². The van der Waals surface area contributed by atoms with E-state index in [0.29, 0.717) is 10.8 Å². The Labute approximate surface area is 108 Å². The molecule has 0 radical (unpaired) electrons. The standard InChI is InChI=1S/C8H5ClN2O2S3/c9-5-3-15-8(11-5)16-7-10-4(2-14-7)1-6(12)13/h2-3H,1H2,(H,12,13). The van der Waals surface area contributed by atoms with Gasteiger partial charge in [0.2, 0.25) is 0 Å². The van der Waals surface area contributed by atoms with Crippen LogP contribution >= 0.6 is 46.0 Å². The fourth-order valence-corrected chi connectivity index (χ4v) is 3.96. The summed E-state index contributed by atoms with van der Waals surface area (Å²) in [7, 11) is 0. The summed E-state index contributed by atoms with van der Waals surface area (Å²) >= 11 is 9.93. The van der Waals surface area contributed by atoms with Crippen molar-refractivity contribution in [2.24, 2.45) is 0 Å². The lowest BCUT2D eigenvalue weighted by Gasteiger charge is -1.89. The second-order valence-electron chi connectivity index (χ2n) is 2.71. The molecule has 2 heterocycles. The van der Waals surface area contributed by atoms with Gasteiger partial charge in [0, 0.05) is 10.8 Å². The molecule has 0 aliphatic rings. The van der Waals surface area contributed by atoms with Gasteiger partial charge in [0.1, 0.15) is 5.15 Å². The van der Waals surface area contributed by atoms with Crippen LogP contribution in [0.1, 0.15) is 5.69 Å². The number of hydrogen-bond acceptors (Lipinski definition) is 6. The number of carbonyl (C=O) groups is 1. The maximum absolute atomic E-state index is 10.5. The summed E-state index contributed by atoms with van der Waals surface area (Å²) in [6, 6.07) is 0. The van der Waals surface area contributed by atoms with E-state index in [1.165, 1.54) is 34.4 Å². The molecule has 0 saturated carbocycles. The predicted octanol–water partition coefficient (Wildman–Crippen LogP) is 3.03. The molecule has 0 unspecified atom stereocenters. The van der Waals surface area contributed by atoms with E-state index in [1.807, 2.05) is 0 Å². The minimum absolute atomic E-state index is 0.0459. The minimum Gasteiger partial charge on any atom is -0.481 e. The predicted molar refractivity (Wildman–Crippen MR) is 64.7 cm³/mol. The third-order valence-electron chi connectivity index (χ3n) is 1.49. The van der Waals surface area contributed by atoms with Gasteiger partial charge in [0.05, 0.1) is 12.1 Å². The van der Waals surface area contributed by atoms with Gasteiger partial charge in [-0.1, -0.05) is 11.6 Å². The van der Waals surface area contributed by atoms with Crippen LogP contribution in [-0.4, -0.2) is 21.0 Å². The fourth-order valence-electron chi connectivity index (χ4n) is 0.932. The Morgan fingerprint density at radius 2 is 2.06 bits per heavy atom. The molecule has 4 nitrogen and oxygen atoms in total. The van der Waals surface area contributed by atoms with Crippen molar-refractivity contribution in [3.8, 4) is 0 Å². The number of thiazole rings is 2. The average molecular weight is 293 g/mol. The van der Waals surface area contributed by atoms with Crippen molar-refractivity contribution in [3.05, 3.63) is 21.6 Å². The van der Waals surface area contributed by atoms with Gasteiger partial charge in [0.25, 0.3) is 0 Å². The lowest BCUT2D eigenvalue weighted by Crippen LogP contribution is -1.99. The van der Waals surface area contributed by atoms with Crippen LogP contribution in [0.2, 0.25) is 5.15 Å². The van der Waals surface area contributed by atoms with E-state index < -0.39 is 5.97 Å². The SMILES string of the molecule is O=C(O)Cc1csc(Sc2nc(Cl)cs2)n1. The minimum atomic E-state index is -0.876. The molecule has 2 aromatic rings. The molecule has 0 aliphatic heterocycles. The first-order chi connectivity index (χ1) is 7.63. The zero-order valence-electron chi connectivity index (χ0n) is 7.71. The molecule has 0 amide bonds. The van der Waals surface area contributed by atoms with Crippen molar-refractivity contribution >= 4 is 52.0 Å². The average Bonchev–Trinajstić information content (AvgIpc) is 2.76. The molecular weight excluding hydrogens is 288 g/mol.